The van der Waals surface area contributed by atoms with Gasteiger partial charge in [-0.25, -0.2) is 0 Å². The Balaban J connectivity index is 1.82. The lowest BCUT2D eigenvalue weighted by molar-refractivity contribution is 0.174. The molecule has 2 atom stereocenters. The highest BCUT2D eigenvalue weighted by molar-refractivity contribution is 8.00. The Labute approximate surface area is 123 Å². The molecular formula is C17H18O2S. The minimum atomic E-state index is -0.446. The summed E-state index contributed by atoms with van der Waals surface area (Å²) in [6.07, 6.45) is 0.478. The predicted molar refractivity (Wildman–Crippen MR) is 82.5 cm³/mol. The summed E-state index contributed by atoms with van der Waals surface area (Å²) < 4.78 is 5.22. The molecule has 0 radical (unpaired) electrons. The number of fused-ring (bicyclic) bond motifs is 1. The third kappa shape index (κ3) is 2.43. The number of thioether (sulfide) groups is 1. The zero-order valence-electron chi connectivity index (χ0n) is 11.7. The van der Waals surface area contributed by atoms with Gasteiger partial charge in [-0.3, -0.25) is 0 Å². The van der Waals surface area contributed by atoms with E-state index in [-0.39, 0.29) is 5.25 Å². The SMILES string of the molecule is COc1ccc(C(O)C2Cc3ccccc3S2)c(C)c1. The van der Waals surface area contributed by atoms with Crippen LogP contribution < -0.4 is 4.74 Å². The molecule has 3 rings (SSSR count). The maximum atomic E-state index is 10.7. The molecule has 0 aliphatic carbocycles. The fraction of sp³-hybridized carbons (Fsp3) is 0.294. The fourth-order valence-electron chi connectivity index (χ4n) is 2.69. The van der Waals surface area contributed by atoms with Crippen molar-refractivity contribution in [3.63, 3.8) is 0 Å². The molecular weight excluding hydrogens is 268 g/mol. The van der Waals surface area contributed by atoms with Gasteiger partial charge in [0.1, 0.15) is 5.75 Å². The molecule has 0 saturated heterocycles. The first-order valence-electron chi connectivity index (χ1n) is 6.76. The van der Waals surface area contributed by atoms with Gasteiger partial charge >= 0.3 is 0 Å². The molecule has 1 aliphatic rings. The van der Waals surface area contributed by atoms with Crippen LogP contribution in [0.3, 0.4) is 0 Å². The van der Waals surface area contributed by atoms with E-state index in [1.165, 1.54) is 10.5 Å². The van der Waals surface area contributed by atoms with Gasteiger partial charge in [0.2, 0.25) is 0 Å². The van der Waals surface area contributed by atoms with Gasteiger partial charge in [0.05, 0.1) is 13.2 Å². The molecule has 104 valence electrons. The number of benzene rings is 2. The first-order chi connectivity index (χ1) is 9.69. The standard InChI is InChI=1S/C17H18O2S/c1-11-9-13(19-2)7-8-14(11)17(18)16-10-12-5-3-4-6-15(12)20-16/h3-9,16-18H,10H2,1-2H3. The molecule has 1 heterocycles. The van der Waals surface area contributed by atoms with Gasteiger partial charge in [-0.05, 0) is 48.2 Å². The number of aryl methyl sites for hydroxylation is 1. The van der Waals surface area contributed by atoms with Crippen molar-refractivity contribution in [2.75, 3.05) is 7.11 Å². The lowest BCUT2D eigenvalue weighted by Gasteiger charge is -2.20. The minimum absolute atomic E-state index is 0.194. The summed E-state index contributed by atoms with van der Waals surface area (Å²) in [6.45, 7) is 2.02. The summed E-state index contributed by atoms with van der Waals surface area (Å²) in [6, 6.07) is 14.3. The van der Waals surface area contributed by atoms with Crippen LogP contribution in [0.4, 0.5) is 0 Å². The topological polar surface area (TPSA) is 29.5 Å². The monoisotopic (exact) mass is 286 g/mol. The van der Waals surface area contributed by atoms with Crippen molar-refractivity contribution in [2.45, 2.75) is 29.6 Å². The number of aliphatic hydroxyl groups is 1. The van der Waals surface area contributed by atoms with Crippen LogP contribution in [-0.2, 0) is 6.42 Å². The van der Waals surface area contributed by atoms with E-state index in [9.17, 15) is 5.11 Å². The number of aliphatic hydroxyl groups excluding tert-OH is 1. The summed E-state index contributed by atoms with van der Waals surface area (Å²) in [7, 11) is 1.66. The van der Waals surface area contributed by atoms with Crippen molar-refractivity contribution < 1.29 is 9.84 Å². The molecule has 0 saturated carbocycles. The van der Waals surface area contributed by atoms with Crippen molar-refractivity contribution in [1.82, 2.24) is 0 Å². The number of hydrogen-bond donors (Lipinski definition) is 1. The zero-order chi connectivity index (χ0) is 14.1. The van der Waals surface area contributed by atoms with Crippen LogP contribution >= 0.6 is 11.8 Å². The number of ether oxygens (including phenoxy) is 1. The zero-order valence-corrected chi connectivity index (χ0v) is 12.5. The highest BCUT2D eigenvalue weighted by Crippen LogP contribution is 2.43. The molecule has 2 aromatic rings. The Kier molecular flexibility index (Phi) is 3.72. The second kappa shape index (κ2) is 5.51. The van der Waals surface area contributed by atoms with Crippen molar-refractivity contribution in [2.24, 2.45) is 0 Å². The predicted octanol–water partition coefficient (Wildman–Crippen LogP) is 3.75. The Morgan fingerprint density at radius 3 is 2.75 bits per heavy atom. The Bertz CT molecular complexity index is 599. The molecule has 0 bridgehead atoms. The molecule has 1 aliphatic heterocycles. The molecule has 2 aromatic carbocycles. The maximum absolute atomic E-state index is 10.7. The van der Waals surface area contributed by atoms with E-state index in [4.69, 9.17) is 4.74 Å². The van der Waals surface area contributed by atoms with Crippen LogP contribution in [0.25, 0.3) is 0 Å². The highest BCUT2D eigenvalue weighted by atomic mass is 32.2. The molecule has 0 aromatic heterocycles. The van der Waals surface area contributed by atoms with Crippen LogP contribution in [0.5, 0.6) is 5.75 Å². The third-order valence-electron chi connectivity index (χ3n) is 3.82. The van der Waals surface area contributed by atoms with Gasteiger partial charge in [-0.1, -0.05) is 24.3 Å². The van der Waals surface area contributed by atoms with Crippen LogP contribution in [0, 0.1) is 6.92 Å². The van der Waals surface area contributed by atoms with E-state index in [0.29, 0.717) is 0 Å². The Hall–Kier alpha value is -1.45. The summed E-state index contributed by atoms with van der Waals surface area (Å²) in [5.41, 5.74) is 3.41. The lowest BCUT2D eigenvalue weighted by atomic mass is 9.97. The normalized spacial score (nSPS) is 18.6. The second-order valence-corrected chi connectivity index (χ2v) is 6.42. The molecule has 2 nitrogen and oxygen atoms in total. The Morgan fingerprint density at radius 1 is 1.25 bits per heavy atom. The van der Waals surface area contributed by atoms with Crippen molar-refractivity contribution in [3.8, 4) is 5.75 Å². The van der Waals surface area contributed by atoms with E-state index < -0.39 is 6.10 Å². The highest BCUT2D eigenvalue weighted by Gasteiger charge is 2.29. The van der Waals surface area contributed by atoms with Crippen LogP contribution in [0.2, 0.25) is 0 Å². The van der Waals surface area contributed by atoms with Gasteiger partial charge in [0, 0.05) is 10.1 Å². The Morgan fingerprint density at radius 2 is 2.05 bits per heavy atom. The van der Waals surface area contributed by atoms with Gasteiger partial charge in [0.25, 0.3) is 0 Å². The average Bonchev–Trinajstić information content (AvgIpc) is 2.90. The second-order valence-electron chi connectivity index (χ2n) is 5.14. The van der Waals surface area contributed by atoms with E-state index >= 15 is 0 Å². The van der Waals surface area contributed by atoms with E-state index in [1.807, 2.05) is 25.1 Å². The summed E-state index contributed by atoms with van der Waals surface area (Å²) >= 11 is 1.78. The van der Waals surface area contributed by atoms with E-state index in [1.54, 1.807) is 18.9 Å². The molecule has 0 fully saturated rings. The van der Waals surface area contributed by atoms with Gasteiger partial charge in [-0.15, -0.1) is 11.8 Å². The molecule has 0 spiro atoms. The molecule has 2 unspecified atom stereocenters. The van der Waals surface area contributed by atoms with Gasteiger partial charge in [0.15, 0.2) is 0 Å². The van der Waals surface area contributed by atoms with Gasteiger partial charge in [-0.2, -0.15) is 0 Å². The summed E-state index contributed by atoms with van der Waals surface area (Å²) in [5.74, 6) is 0.834. The number of hydrogen-bond acceptors (Lipinski definition) is 3. The van der Waals surface area contributed by atoms with Crippen LogP contribution in [0.1, 0.15) is 22.8 Å². The first kappa shape index (κ1) is 13.5. The lowest BCUT2D eigenvalue weighted by Crippen LogP contribution is -2.15. The molecule has 0 amide bonds. The fourth-order valence-corrected chi connectivity index (χ4v) is 4.02. The van der Waals surface area contributed by atoms with Crippen molar-refractivity contribution in [1.29, 1.82) is 0 Å². The third-order valence-corrected chi connectivity index (χ3v) is 5.20. The van der Waals surface area contributed by atoms with E-state index in [2.05, 4.69) is 24.3 Å². The van der Waals surface area contributed by atoms with E-state index in [0.717, 1.165) is 23.3 Å². The largest absolute Gasteiger partial charge is 0.497 e. The van der Waals surface area contributed by atoms with Crippen molar-refractivity contribution in [3.05, 3.63) is 59.2 Å². The number of methoxy groups -OCH3 is 1. The average molecular weight is 286 g/mol. The van der Waals surface area contributed by atoms with Crippen LogP contribution in [-0.4, -0.2) is 17.5 Å². The summed E-state index contributed by atoms with van der Waals surface area (Å²) in [5, 5.41) is 10.9. The molecule has 20 heavy (non-hydrogen) atoms. The van der Waals surface area contributed by atoms with Crippen LogP contribution in [0.15, 0.2) is 47.4 Å². The van der Waals surface area contributed by atoms with Gasteiger partial charge < -0.3 is 9.84 Å². The van der Waals surface area contributed by atoms with Crippen molar-refractivity contribution >= 4 is 11.8 Å². The molecule has 1 N–H and O–H groups in total. The first-order valence-corrected chi connectivity index (χ1v) is 7.64. The minimum Gasteiger partial charge on any atom is -0.497 e. The molecule has 3 heteroatoms. The summed E-state index contributed by atoms with van der Waals surface area (Å²) in [4.78, 5) is 1.29. The smallest absolute Gasteiger partial charge is 0.119 e. The maximum Gasteiger partial charge on any atom is 0.119 e. The number of rotatable bonds is 3. The quantitative estimate of drug-likeness (QED) is 0.931.